The van der Waals surface area contributed by atoms with Crippen molar-refractivity contribution in [3.8, 4) is 17.0 Å². The summed E-state index contributed by atoms with van der Waals surface area (Å²) >= 11 is 0. The van der Waals surface area contributed by atoms with Crippen LogP contribution in [0.1, 0.15) is 7.79 Å². The average Bonchev–Trinajstić information content (AvgIpc) is 3.47. The zero-order valence-electron chi connectivity index (χ0n) is 20.6. The van der Waals surface area contributed by atoms with E-state index in [-0.39, 0.29) is 12.5 Å². The minimum Gasteiger partial charge on any atom is -0.479 e. The zero-order chi connectivity index (χ0) is 25.7. The largest absolute Gasteiger partial charge is 0.479 e. The number of imidazole rings is 1. The number of hydrogen-bond acceptors (Lipinski definition) is 7. The van der Waals surface area contributed by atoms with E-state index in [2.05, 4.69) is 20.4 Å². The van der Waals surface area contributed by atoms with Crippen molar-refractivity contribution in [1.29, 1.82) is 0 Å². The first-order chi connectivity index (χ1) is 17.8. The van der Waals surface area contributed by atoms with Crippen LogP contribution < -0.4 is 10.1 Å². The Bertz CT molecular complexity index is 1440. The van der Waals surface area contributed by atoms with E-state index in [9.17, 15) is 8.78 Å². The van der Waals surface area contributed by atoms with Crippen LogP contribution >= 0.6 is 0 Å². The lowest BCUT2D eigenvalue weighted by atomic mass is 10.0. The van der Waals surface area contributed by atoms with Gasteiger partial charge in [-0.1, -0.05) is 6.07 Å². The van der Waals surface area contributed by atoms with Gasteiger partial charge in [0.2, 0.25) is 11.8 Å². The number of aromatic nitrogens is 5. The van der Waals surface area contributed by atoms with Crippen molar-refractivity contribution in [2.24, 2.45) is 0 Å². The van der Waals surface area contributed by atoms with Gasteiger partial charge in [-0.05, 0) is 30.2 Å². The molecule has 12 heteroatoms. The number of rotatable bonds is 7. The third-order valence-electron chi connectivity index (χ3n) is 6.78. The summed E-state index contributed by atoms with van der Waals surface area (Å²) in [5, 5.41) is 7.62. The molecule has 0 aliphatic carbocycles. The number of piperidine rings is 1. The maximum Gasteiger partial charge on any atom is 0.256 e. The highest BCUT2D eigenvalue weighted by Crippen LogP contribution is 2.33. The molecular weight excluding hydrogens is 475 g/mol. The highest BCUT2D eigenvalue weighted by Gasteiger charge is 2.35. The Labute approximate surface area is 206 Å². The average molecular weight is 503 g/mol. The lowest BCUT2D eigenvalue weighted by Gasteiger charge is -2.42. The molecule has 4 aromatic rings. The van der Waals surface area contributed by atoms with Crippen LogP contribution in [0.5, 0.6) is 5.88 Å². The second kappa shape index (κ2) is 9.25. The number of halogens is 3. The van der Waals surface area contributed by atoms with E-state index in [4.69, 9.17) is 10.8 Å². The molecule has 5 heterocycles. The number of nitrogens with one attached hydrogen (secondary N) is 1. The molecule has 1 N–H and O–H groups in total. The summed E-state index contributed by atoms with van der Waals surface area (Å²) in [5.41, 5.74) is 3.35. The second-order valence-corrected chi connectivity index (χ2v) is 9.02. The van der Waals surface area contributed by atoms with Crippen molar-refractivity contribution in [1.82, 2.24) is 29.0 Å². The van der Waals surface area contributed by atoms with Crippen LogP contribution in [-0.2, 0) is 11.3 Å². The highest BCUT2D eigenvalue weighted by atomic mass is 19.3. The van der Waals surface area contributed by atoms with Crippen LogP contribution in [0, 0.1) is 0 Å². The molecule has 0 unspecified atom stereocenters. The zero-order valence-corrected chi connectivity index (χ0v) is 19.6. The minimum absolute atomic E-state index is 0.141. The summed E-state index contributed by atoms with van der Waals surface area (Å²) in [6, 6.07) is 5.95. The van der Waals surface area contributed by atoms with Gasteiger partial charge in [0.1, 0.15) is 11.7 Å². The van der Waals surface area contributed by atoms with Gasteiger partial charge in [-0.25, -0.2) is 22.7 Å². The molecule has 36 heavy (non-hydrogen) atoms. The number of likely N-dealkylation sites (tertiary alicyclic amines) is 1. The third-order valence-corrected chi connectivity index (χ3v) is 6.78. The Hall–Kier alpha value is -3.38. The van der Waals surface area contributed by atoms with Crippen LogP contribution in [0.3, 0.4) is 0 Å². The first kappa shape index (κ1) is 21.9. The van der Waals surface area contributed by atoms with Crippen molar-refractivity contribution in [2.45, 2.75) is 37.6 Å². The summed E-state index contributed by atoms with van der Waals surface area (Å²) in [6.45, 7) is 0.867. The maximum absolute atomic E-state index is 15.0. The first-order valence-electron chi connectivity index (χ1n) is 12.2. The summed E-state index contributed by atoms with van der Waals surface area (Å²) in [7, 11) is 1.49. The Morgan fingerprint density at radius 2 is 2.17 bits per heavy atom. The Morgan fingerprint density at radius 3 is 2.89 bits per heavy atom. The maximum atomic E-state index is 15.0. The summed E-state index contributed by atoms with van der Waals surface area (Å²) in [5.74, 6) is 0.522. The lowest BCUT2D eigenvalue weighted by Crippen LogP contribution is -2.57. The van der Waals surface area contributed by atoms with Gasteiger partial charge in [0.05, 0.1) is 57.7 Å². The highest BCUT2D eigenvalue weighted by molar-refractivity contribution is 5.89. The van der Waals surface area contributed by atoms with E-state index in [0.29, 0.717) is 48.6 Å². The Kier molecular flexibility index (Phi) is 5.62. The number of benzene rings is 1. The van der Waals surface area contributed by atoms with Crippen molar-refractivity contribution < 1.29 is 24.0 Å². The second-order valence-electron chi connectivity index (χ2n) is 9.02. The minimum atomic E-state index is -2.49. The van der Waals surface area contributed by atoms with E-state index in [0.717, 1.165) is 11.1 Å². The number of methoxy groups -OCH3 is 1. The van der Waals surface area contributed by atoms with Gasteiger partial charge < -0.3 is 19.4 Å². The smallest absolute Gasteiger partial charge is 0.256 e. The molecule has 2 fully saturated rings. The fraction of sp³-hybridized carbons (Fsp3) is 0.458. The number of hydrogen-bond donors (Lipinski definition) is 1. The summed E-state index contributed by atoms with van der Waals surface area (Å²) in [6.07, 6.45) is -0.0444. The number of nitrogens with zero attached hydrogens (tertiary/aromatic N) is 6. The molecule has 0 saturated carbocycles. The number of ether oxygens (including phenoxy) is 2. The fourth-order valence-electron chi connectivity index (χ4n) is 4.84. The van der Waals surface area contributed by atoms with Crippen LogP contribution in [0.2, 0.25) is 0 Å². The van der Waals surface area contributed by atoms with Gasteiger partial charge in [0.25, 0.3) is 6.43 Å². The van der Waals surface area contributed by atoms with Gasteiger partial charge >= 0.3 is 0 Å². The third kappa shape index (κ3) is 4.13. The van der Waals surface area contributed by atoms with E-state index in [1.807, 2.05) is 17.0 Å². The SMILES string of the molecule is [2H]C1(N2CC[C@@H](Nc3nc(OC)c4c(-c5ccc6ncn(CC(F)F)c6c5)ccn4n3)[C@@H](F)C2)COC1. The van der Waals surface area contributed by atoms with E-state index >= 15 is 4.39 Å². The van der Waals surface area contributed by atoms with Crippen molar-refractivity contribution in [3.63, 3.8) is 0 Å². The van der Waals surface area contributed by atoms with Gasteiger partial charge in [0, 0.05) is 24.8 Å². The van der Waals surface area contributed by atoms with Crippen LogP contribution in [0.15, 0.2) is 36.8 Å². The molecule has 190 valence electrons. The van der Waals surface area contributed by atoms with E-state index in [1.165, 1.54) is 18.0 Å². The quantitative estimate of drug-likeness (QED) is 0.416. The molecule has 6 rings (SSSR count). The summed E-state index contributed by atoms with van der Waals surface area (Å²) < 4.78 is 63.1. The molecule has 2 saturated heterocycles. The van der Waals surface area contributed by atoms with Crippen LogP contribution in [0.25, 0.3) is 27.7 Å². The standard InChI is InChI=1S/C24H26F3N7O2/c1-35-23-22-16(14-2-3-19-20(8-14)33(13-28-19)10-21(26)27)4-7-34(22)31-24(30-23)29-18-5-6-32(9-17(18)25)15-11-36-12-15/h2-4,7-8,13,15,17-18,21H,5-6,9-12H2,1H3,(H,29,31)/t17-,18+/m0/s1/i15D. The molecule has 0 radical (unpaired) electrons. The van der Waals surface area contributed by atoms with E-state index in [1.54, 1.807) is 22.8 Å². The number of anilines is 1. The first-order valence-corrected chi connectivity index (χ1v) is 11.7. The van der Waals surface area contributed by atoms with E-state index < -0.39 is 31.2 Å². The topological polar surface area (TPSA) is 81.7 Å². The molecule has 0 spiro atoms. The van der Waals surface area contributed by atoms with Crippen molar-refractivity contribution in [2.75, 3.05) is 38.7 Å². The van der Waals surface area contributed by atoms with Gasteiger partial charge in [-0.15, -0.1) is 5.10 Å². The number of fused-ring (bicyclic) bond motifs is 2. The van der Waals surface area contributed by atoms with Crippen LogP contribution in [0.4, 0.5) is 19.1 Å². The molecule has 2 aliphatic rings. The van der Waals surface area contributed by atoms with Crippen molar-refractivity contribution >= 4 is 22.5 Å². The van der Waals surface area contributed by atoms with Crippen molar-refractivity contribution in [3.05, 3.63) is 36.8 Å². The molecule has 1 aromatic carbocycles. The van der Waals surface area contributed by atoms with Gasteiger partial charge in [-0.2, -0.15) is 4.98 Å². The fourth-order valence-corrected chi connectivity index (χ4v) is 4.84. The lowest BCUT2D eigenvalue weighted by molar-refractivity contribution is -0.0794. The van der Waals surface area contributed by atoms with Gasteiger partial charge in [0.15, 0.2) is 0 Å². The molecule has 2 atom stereocenters. The Balaban J connectivity index is 1.27. The normalized spacial score (nSPS) is 22.6. The molecular formula is C24H26F3N7O2. The predicted molar refractivity (Wildman–Crippen MR) is 127 cm³/mol. The molecule has 3 aromatic heterocycles. The molecule has 0 bridgehead atoms. The number of alkyl halides is 3. The molecule has 2 aliphatic heterocycles. The summed E-state index contributed by atoms with van der Waals surface area (Å²) in [4.78, 5) is 10.5. The molecule has 0 amide bonds. The Morgan fingerprint density at radius 1 is 1.31 bits per heavy atom. The van der Waals surface area contributed by atoms with Crippen LogP contribution in [-0.4, -0.2) is 87.1 Å². The monoisotopic (exact) mass is 502 g/mol. The van der Waals surface area contributed by atoms with Gasteiger partial charge in [-0.3, -0.25) is 4.90 Å². The molecule has 9 nitrogen and oxygen atoms in total. The predicted octanol–water partition coefficient (Wildman–Crippen LogP) is 3.24.